The standard InChI is InChI=1S/C20H15F3N4O/c1-28-17-5-13(8-24-10-17)12-27-19-7-15(9-25-18(19)11-26-27)14-3-2-4-16(6-14)20(21,22)23/h2-11H,12H2,1H3. The second-order valence-electron chi connectivity index (χ2n) is 6.24. The van der Waals surface area contributed by atoms with Crippen LogP contribution in [0.2, 0.25) is 0 Å². The first-order valence-electron chi connectivity index (χ1n) is 8.41. The van der Waals surface area contributed by atoms with Gasteiger partial charge in [0, 0.05) is 18.0 Å². The van der Waals surface area contributed by atoms with Crippen molar-refractivity contribution in [2.24, 2.45) is 0 Å². The predicted octanol–water partition coefficient (Wildman–Crippen LogP) is 4.57. The topological polar surface area (TPSA) is 52.8 Å². The summed E-state index contributed by atoms with van der Waals surface area (Å²) in [5.41, 5.74) is 2.60. The SMILES string of the molecule is COc1cncc(Cn2ncc3ncc(-c4cccc(C(F)(F)F)c4)cc32)c1. The van der Waals surface area contributed by atoms with Crippen molar-refractivity contribution in [1.29, 1.82) is 0 Å². The van der Waals surface area contributed by atoms with E-state index in [0.717, 1.165) is 23.2 Å². The molecule has 4 rings (SSSR count). The Bertz CT molecular complexity index is 1140. The van der Waals surface area contributed by atoms with Crippen LogP contribution in [0.4, 0.5) is 13.2 Å². The maximum Gasteiger partial charge on any atom is 0.416 e. The van der Waals surface area contributed by atoms with Crippen molar-refractivity contribution in [2.45, 2.75) is 12.7 Å². The van der Waals surface area contributed by atoms with E-state index in [9.17, 15) is 13.2 Å². The normalized spacial score (nSPS) is 11.7. The molecule has 0 atom stereocenters. The summed E-state index contributed by atoms with van der Waals surface area (Å²) in [5.74, 6) is 0.636. The van der Waals surface area contributed by atoms with Crippen LogP contribution in [-0.2, 0) is 12.7 Å². The molecule has 0 fully saturated rings. The molecule has 0 unspecified atom stereocenters. The molecule has 0 bridgehead atoms. The summed E-state index contributed by atoms with van der Waals surface area (Å²) < 4.78 is 45.9. The number of fused-ring (bicyclic) bond motifs is 1. The summed E-state index contributed by atoms with van der Waals surface area (Å²) in [4.78, 5) is 8.47. The Kier molecular flexibility index (Phi) is 4.46. The number of benzene rings is 1. The summed E-state index contributed by atoms with van der Waals surface area (Å²) in [6.07, 6.45) is 2.10. The van der Waals surface area contributed by atoms with Gasteiger partial charge in [-0.05, 0) is 35.4 Å². The lowest BCUT2D eigenvalue weighted by Crippen LogP contribution is -2.04. The number of methoxy groups -OCH3 is 1. The molecule has 1 aromatic carbocycles. The number of hydrogen-bond donors (Lipinski definition) is 0. The van der Waals surface area contributed by atoms with Crippen molar-refractivity contribution >= 4 is 11.0 Å². The third-order valence-corrected chi connectivity index (χ3v) is 4.36. The molecule has 0 amide bonds. The van der Waals surface area contributed by atoms with Gasteiger partial charge in [0.15, 0.2) is 0 Å². The third kappa shape index (κ3) is 3.53. The molecule has 3 aromatic heterocycles. The maximum absolute atomic E-state index is 13.0. The zero-order valence-corrected chi connectivity index (χ0v) is 14.8. The van der Waals surface area contributed by atoms with Gasteiger partial charge >= 0.3 is 6.18 Å². The van der Waals surface area contributed by atoms with Crippen LogP contribution < -0.4 is 4.74 Å². The summed E-state index contributed by atoms with van der Waals surface area (Å²) in [7, 11) is 1.56. The summed E-state index contributed by atoms with van der Waals surface area (Å²) in [5, 5.41) is 4.34. The highest BCUT2D eigenvalue weighted by Crippen LogP contribution is 2.32. The Balaban J connectivity index is 1.72. The number of pyridine rings is 2. The van der Waals surface area contributed by atoms with Crippen LogP contribution in [0.25, 0.3) is 22.2 Å². The van der Waals surface area contributed by atoms with E-state index >= 15 is 0 Å². The van der Waals surface area contributed by atoms with Gasteiger partial charge in [-0.25, -0.2) is 0 Å². The van der Waals surface area contributed by atoms with E-state index in [1.807, 2.05) is 6.07 Å². The molecule has 4 aromatic rings. The fourth-order valence-electron chi connectivity index (χ4n) is 2.95. The van der Waals surface area contributed by atoms with Gasteiger partial charge in [0.05, 0.1) is 37.1 Å². The molecule has 0 saturated heterocycles. The lowest BCUT2D eigenvalue weighted by molar-refractivity contribution is -0.137. The summed E-state index contributed by atoms with van der Waals surface area (Å²) >= 11 is 0. The zero-order valence-electron chi connectivity index (χ0n) is 14.8. The quantitative estimate of drug-likeness (QED) is 0.517. The number of halogens is 3. The van der Waals surface area contributed by atoms with E-state index in [1.54, 1.807) is 48.7 Å². The minimum absolute atomic E-state index is 0.432. The minimum atomic E-state index is -4.39. The third-order valence-electron chi connectivity index (χ3n) is 4.36. The molecular formula is C20H15F3N4O. The fourth-order valence-corrected chi connectivity index (χ4v) is 2.95. The largest absolute Gasteiger partial charge is 0.495 e. The Morgan fingerprint density at radius 1 is 1.00 bits per heavy atom. The molecule has 0 aliphatic heterocycles. The molecule has 0 spiro atoms. The summed E-state index contributed by atoms with van der Waals surface area (Å²) in [6, 6.07) is 8.83. The van der Waals surface area contributed by atoms with Crippen LogP contribution in [0.15, 0.2) is 61.2 Å². The molecule has 0 aliphatic rings. The summed E-state index contributed by atoms with van der Waals surface area (Å²) in [6.45, 7) is 0.432. The van der Waals surface area contributed by atoms with Gasteiger partial charge in [-0.2, -0.15) is 18.3 Å². The van der Waals surface area contributed by atoms with Crippen LogP contribution in [0.5, 0.6) is 5.75 Å². The van der Waals surface area contributed by atoms with Crippen molar-refractivity contribution in [2.75, 3.05) is 7.11 Å². The second-order valence-corrected chi connectivity index (χ2v) is 6.24. The first-order chi connectivity index (χ1) is 13.4. The number of aromatic nitrogens is 4. The van der Waals surface area contributed by atoms with Gasteiger partial charge in [-0.1, -0.05) is 12.1 Å². The maximum atomic E-state index is 13.0. The van der Waals surface area contributed by atoms with Gasteiger partial charge in [-0.15, -0.1) is 0 Å². The highest BCUT2D eigenvalue weighted by Gasteiger charge is 2.30. The van der Waals surface area contributed by atoms with E-state index < -0.39 is 11.7 Å². The van der Waals surface area contributed by atoms with E-state index in [4.69, 9.17) is 4.74 Å². The highest BCUT2D eigenvalue weighted by atomic mass is 19.4. The van der Waals surface area contributed by atoms with Crippen molar-refractivity contribution in [3.05, 3.63) is 72.3 Å². The van der Waals surface area contributed by atoms with E-state index in [0.29, 0.717) is 28.9 Å². The molecule has 0 aliphatic carbocycles. The van der Waals surface area contributed by atoms with Crippen LogP contribution >= 0.6 is 0 Å². The molecule has 28 heavy (non-hydrogen) atoms. The van der Waals surface area contributed by atoms with Crippen molar-refractivity contribution < 1.29 is 17.9 Å². The molecule has 0 N–H and O–H groups in total. The van der Waals surface area contributed by atoms with Gasteiger partial charge in [0.25, 0.3) is 0 Å². The molecular weight excluding hydrogens is 369 g/mol. The zero-order chi connectivity index (χ0) is 19.7. The first-order valence-corrected chi connectivity index (χ1v) is 8.41. The number of hydrogen-bond acceptors (Lipinski definition) is 4. The monoisotopic (exact) mass is 384 g/mol. The Hall–Kier alpha value is -3.42. The van der Waals surface area contributed by atoms with Crippen LogP contribution in [0.3, 0.4) is 0 Å². The lowest BCUT2D eigenvalue weighted by atomic mass is 10.0. The van der Waals surface area contributed by atoms with Crippen molar-refractivity contribution in [1.82, 2.24) is 19.7 Å². The predicted molar refractivity (Wildman–Crippen MR) is 97.9 cm³/mol. The molecule has 5 nitrogen and oxygen atoms in total. The number of ether oxygens (including phenoxy) is 1. The van der Waals surface area contributed by atoms with E-state index in [2.05, 4.69) is 15.1 Å². The molecule has 0 radical (unpaired) electrons. The fraction of sp³-hybridized carbons (Fsp3) is 0.150. The van der Waals surface area contributed by atoms with E-state index in [1.165, 1.54) is 6.07 Å². The average Bonchev–Trinajstić information content (AvgIpc) is 3.09. The second kappa shape index (κ2) is 6.95. The Morgan fingerprint density at radius 3 is 2.64 bits per heavy atom. The van der Waals surface area contributed by atoms with Crippen LogP contribution in [0.1, 0.15) is 11.1 Å². The molecule has 8 heteroatoms. The molecule has 3 heterocycles. The molecule has 142 valence electrons. The average molecular weight is 384 g/mol. The number of nitrogens with zero attached hydrogens (tertiary/aromatic N) is 4. The van der Waals surface area contributed by atoms with Crippen molar-refractivity contribution in [3.63, 3.8) is 0 Å². The van der Waals surface area contributed by atoms with Gasteiger partial charge in [0.2, 0.25) is 0 Å². The van der Waals surface area contributed by atoms with Gasteiger partial charge < -0.3 is 4.74 Å². The lowest BCUT2D eigenvalue weighted by Gasteiger charge is -2.09. The Labute approximate surface area is 158 Å². The number of rotatable bonds is 4. The van der Waals surface area contributed by atoms with E-state index in [-0.39, 0.29) is 0 Å². The number of alkyl halides is 3. The Morgan fingerprint density at radius 2 is 1.86 bits per heavy atom. The molecule has 0 saturated carbocycles. The van der Waals surface area contributed by atoms with Crippen LogP contribution in [0, 0.1) is 0 Å². The van der Waals surface area contributed by atoms with Crippen LogP contribution in [-0.4, -0.2) is 26.9 Å². The first kappa shape index (κ1) is 18.0. The van der Waals surface area contributed by atoms with Gasteiger partial charge in [-0.3, -0.25) is 14.6 Å². The van der Waals surface area contributed by atoms with Crippen molar-refractivity contribution in [3.8, 4) is 16.9 Å². The smallest absolute Gasteiger partial charge is 0.416 e. The highest BCUT2D eigenvalue weighted by molar-refractivity contribution is 5.80. The van der Waals surface area contributed by atoms with Gasteiger partial charge in [0.1, 0.15) is 11.3 Å². The minimum Gasteiger partial charge on any atom is -0.495 e.